The van der Waals surface area contributed by atoms with Gasteiger partial charge in [-0.2, -0.15) is 0 Å². The number of likely N-dealkylation sites (N-methyl/N-ethyl adjacent to an activating group) is 1. The first-order valence-electron chi connectivity index (χ1n) is 6.91. The first-order valence-corrected chi connectivity index (χ1v) is 6.91. The Morgan fingerprint density at radius 2 is 2.05 bits per heavy atom. The van der Waals surface area contributed by atoms with E-state index in [2.05, 4.69) is 23.2 Å². The zero-order chi connectivity index (χ0) is 13.8. The van der Waals surface area contributed by atoms with Gasteiger partial charge in [-0.1, -0.05) is 18.2 Å². The van der Waals surface area contributed by atoms with Crippen LogP contribution >= 0.6 is 0 Å². The van der Waals surface area contributed by atoms with Gasteiger partial charge < -0.3 is 10.2 Å². The second-order valence-corrected chi connectivity index (χ2v) is 5.09. The maximum absolute atomic E-state index is 12.5. The maximum atomic E-state index is 12.5. The molecule has 0 aromatic heterocycles. The number of nitrogens with zero attached hydrogens (tertiary/aromatic N) is 2. The van der Waals surface area contributed by atoms with E-state index in [0.717, 1.165) is 37.4 Å². The number of nitrogens with one attached hydrogen (secondary N) is 1. The summed E-state index contributed by atoms with van der Waals surface area (Å²) in [6.07, 6.45) is 0. The highest BCUT2D eigenvalue weighted by atomic mass is 16.2. The zero-order valence-electron chi connectivity index (χ0n) is 12.0. The van der Waals surface area contributed by atoms with E-state index in [1.165, 1.54) is 0 Å². The normalized spacial score (nSPS) is 20.9. The first-order chi connectivity index (χ1) is 9.15. The molecular formula is C15H23N3O. The second-order valence-electron chi connectivity index (χ2n) is 5.09. The average Bonchev–Trinajstić information content (AvgIpc) is 2.42. The van der Waals surface area contributed by atoms with Crippen LogP contribution in [0.2, 0.25) is 0 Å². The molecule has 1 N–H and O–H groups in total. The highest BCUT2D eigenvalue weighted by molar-refractivity contribution is 5.98. The molecule has 0 bridgehead atoms. The van der Waals surface area contributed by atoms with Gasteiger partial charge in [0.25, 0.3) is 0 Å². The Bertz CT molecular complexity index is 447. The summed E-state index contributed by atoms with van der Waals surface area (Å²) in [5, 5.41) is 3.14. The van der Waals surface area contributed by atoms with Crippen molar-refractivity contribution in [3.63, 3.8) is 0 Å². The number of amides is 1. The van der Waals surface area contributed by atoms with Crippen molar-refractivity contribution in [2.45, 2.75) is 19.9 Å². The highest BCUT2D eigenvalue weighted by Gasteiger charge is 2.32. The Morgan fingerprint density at radius 3 is 2.74 bits per heavy atom. The lowest BCUT2D eigenvalue weighted by Crippen LogP contribution is -2.57. The third-order valence-corrected chi connectivity index (χ3v) is 3.84. The number of benzene rings is 1. The molecule has 4 heteroatoms. The van der Waals surface area contributed by atoms with Crippen molar-refractivity contribution >= 4 is 11.6 Å². The van der Waals surface area contributed by atoms with E-state index >= 15 is 0 Å². The fraction of sp³-hybridized carbons (Fsp3) is 0.533. The van der Waals surface area contributed by atoms with Crippen molar-refractivity contribution in [1.82, 2.24) is 10.2 Å². The number of carbonyl (C=O) groups is 1. The first kappa shape index (κ1) is 14.0. The van der Waals surface area contributed by atoms with Gasteiger partial charge in [0.1, 0.15) is 0 Å². The lowest BCUT2D eigenvalue weighted by Gasteiger charge is -2.39. The van der Waals surface area contributed by atoms with E-state index in [1.54, 1.807) is 0 Å². The molecule has 1 amide bonds. The van der Waals surface area contributed by atoms with Gasteiger partial charge in [-0.3, -0.25) is 9.69 Å². The molecule has 0 aliphatic carbocycles. The average molecular weight is 261 g/mol. The van der Waals surface area contributed by atoms with Gasteiger partial charge in [-0.15, -0.1) is 0 Å². The predicted molar refractivity (Wildman–Crippen MR) is 78.5 cm³/mol. The summed E-state index contributed by atoms with van der Waals surface area (Å²) >= 11 is 0. The van der Waals surface area contributed by atoms with Crippen LogP contribution in [0.3, 0.4) is 0 Å². The number of hydrogen-bond acceptors (Lipinski definition) is 3. The number of rotatable bonds is 4. The number of carbonyl (C=O) groups excluding carboxylic acids is 1. The maximum Gasteiger partial charge on any atom is 0.244 e. The SMILES string of the molecule is CNCCN1CCN(c2ccccc2C)C(=O)C1C. The highest BCUT2D eigenvalue weighted by Crippen LogP contribution is 2.23. The van der Waals surface area contributed by atoms with Gasteiger partial charge in [0, 0.05) is 31.9 Å². The van der Waals surface area contributed by atoms with Crippen LogP contribution < -0.4 is 10.2 Å². The molecule has 1 aliphatic rings. The van der Waals surface area contributed by atoms with Crippen LogP contribution in [0.4, 0.5) is 5.69 Å². The van der Waals surface area contributed by atoms with Crippen LogP contribution in [0.1, 0.15) is 12.5 Å². The summed E-state index contributed by atoms with van der Waals surface area (Å²) in [7, 11) is 1.94. The van der Waals surface area contributed by atoms with E-state index in [-0.39, 0.29) is 11.9 Å². The summed E-state index contributed by atoms with van der Waals surface area (Å²) in [5.41, 5.74) is 2.21. The van der Waals surface area contributed by atoms with Gasteiger partial charge >= 0.3 is 0 Å². The minimum Gasteiger partial charge on any atom is -0.318 e. The van der Waals surface area contributed by atoms with Crippen LogP contribution in [0.25, 0.3) is 0 Å². The van der Waals surface area contributed by atoms with Crippen LogP contribution in [0.5, 0.6) is 0 Å². The molecule has 4 nitrogen and oxygen atoms in total. The Labute approximate surface area is 115 Å². The van der Waals surface area contributed by atoms with Crippen LogP contribution in [0, 0.1) is 6.92 Å². The molecule has 0 spiro atoms. The fourth-order valence-corrected chi connectivity index (χ4v) is 2.58. The van der Waals surface area contributed by atoms with Gasteiger partial charge in [0.05, 0.1) is 6.04 Å². The molecule has 0 saturated carbocycles. The lowest BCUT2D eigenvalue weighted by molar-refractivity contribution is -0.125. The number of aryl methyl sites for hydroxylation is 1. The monoisotopic (exact) mass is 261 g/mol. The molecule has 1 aliphatic heterocycles. The van der Waals surface area contributed by atoms with E-state index < -0.39 is 0 Å². The van der Waals surface area contributed by atoms with E-state index in [4.69, 9.17) is 0 Å². The molecule has 2 rings (SSSR count). The standard InChI is InChI=1S/C15H23N3O/c1-12-6-4-5-7-14(12)18-11-10-17(9-8-16-3)13(2)15(18)19/h4-7,13,16H,8-11H2,1-3H3. The largest absolute Gasteiger partial charge is 0.318 e. The molecule has 1 unspecified atom stereocenters. The Morgan fingerprint density at radius 1 is 1.32 bits per heavy atom. The number of hydrogen-bond donors (Lipinski definition) is 1. The second kappa shape index (κ2) is 6.17. The van der Waals surface area contributed by atoms with Crippen molar-refractivity contribution in [3.8, 4) is 0 Å². The molecule has 1 atom stereocenters. The third-order valence-electron chi connectivity index (χ3n) is 3.84. The molecule has 1 aromatic carbocycles. The van der Waals surface area contributed by atoms with Gasteiger partial charge in [0.2, 0.25) is 5.91 Å². The molecule has 1 aromatic rings. The van der Waals surface area contributed by atoms with E-state index in [9.17, 15) is 4.79 Å². The zero-order valence-corrected chi connectivity index (χ0v) is 12.0. The van der Waals surface area contributed by atoms with E-state index in [0.29, 0.717) is 0 Å². The number of piperazine rings is 1. The van der Waals surface area contributed by atoms with Crippen molar-refractivity contribution in [1.29, 1.82) is 0 Å². The summed E-state index contributed by atoms with van der Waals surface area (Å²) in [5.74, 6) is 0.205. The molecule has 1 heterocycles. The third kappa shape index (κ3) is 2.96. The summed E-state index contributed by atoms with van der Waals surface area (Å²) in [6.45, 7) is 7.61. The fourth-order valence-electron chi connectivity index (χ4n) is 2.58. The smallest absolute Gasteiger partial charge is 0.244 e. The quantitative estimate of drug-likeness (QED) is 0.886. The molecule has 104 valence electrons. The lowest BCUT2D eigenvalue weighted by atomic mass is 10.1. The van der Waals surface area contributed by atoms with Crippen LogP contribution in [-0.4, -0.2) is 50.1 Å². The van der Waals surface area contributed by atoms with Crippen molar-refractivity contribution < 1.29 is 4.79 Å². The molecule has 1 saturated heterocycles. The van der Waals surface area contributed by atoms with E-state index in [1.807, 2.05) is 37.1 Å². The number of anilines is 1. The summed E-state index contributed by atoms with van der Waals surface area (Å²) in [4.78, 5) is 16.7. The Hall–Kier alpha value is -1.39. The Kier molecular flexibility index (Phi) is 4.56. The molecule has 0 radical (unpaired) electrons. The van der Waals surface area contributed by atoms with Crippen molar-refractivity contribution in [2.75, 3.05) is 38.1 Å². The summed E-state index contributed by atoms with van der Waals surface area (Å²) < 4.78 is 0. The minimum absolute atomic E-state index is 0.0401. The van der Waals surface area contributed by atoms with Crippen molar-refractivity contribution in [3.05, 3.63) is 29.8 Å². The molecule has 1 fully saturated rings. The Balaban J connectivity index is 2.11. The van der Waals surface area contributed by atoms with Crippen LogP contribution in [-0.2, 0) is 4.79 Å². The number of para-hydroxylation sites is 1. The van der Waals surface area contributed by atoms with Crippen molar-refractivity contribution in [2.24, 2.45) is 0 Å². The summed E-state index contributed by atoms with van der Waals surface area (Å²) in [6, 6.07) is 8.05. The minimum atomic E-state index is -0.0401. The topological polar surface area (TPSA) is 35.6 Å². The molecule has 19 heavy (non-hydrogen) atoms. The predicted octanol–water partition coefficient (Wildman–Crippen LogP) is 1.25. The van der Waals surface area contributed by atoms with Gasteiger partial charge in [0.15, 0.2) is 0 Å². The van der Waals surface area contributed by atoms with Crippen LogP contribution in [0.15, 0.2) is 24.3 Å². The molecular weight excluding hydrogens is 238 g/mol. The van der Waals surface area contributed by atoms with Gasteiger partial charge in [-0.05, 0) is 32.5 Å². The van der Waals surface area contributed by atoms with Gasteiger partial charge in [-0.25, -0.2) is 0 Å².